The predicted octanol–water partition coefficient (Wildman–Crippen LogP) is 5.16. The van der Waals surface area contributed by atoms with E-state index in [2.05, 4.69) is 44.0 Å². The van der Waals surface area contributed by atoms with Crippen LogP contribution in [0.4, 0.5) is 0 Å². The number of fused-ring (bicyclic) bond motifs is 3. The van der Waals surface area contributed by atoms with Crippen molar-refractivity contribution in [1.29, 1.82) is 0 Å². The number of Topliss-reactive ketones (excluding diaryl/α,β-unsaturated/α-hetero) is 1. The number of carbonyl (C=O) groups excluding carboxylic acids is 1. The Morgan fingerprint density at radius 3 is 2.30 bits per heavy atom. The van der Waals surface area contributed by atoms with Crippen molar-refractivity contribution in [2.45, 2.75) is 23.7 Å². The Bertz CT molecular complexity index is 852. The zero-order valence-electron chi connectivity index (χ0n) is 12.4. The lowest BCUT2D eigenvalue weighted by Crippen LogP contribution is -2.04. The van der Waals surface area contributed by atoms with Crippen molar-refractivity contribution >= 4 is 43.4 Å². The lowest BCUT2D eigenvalue weighted by atomic mass is 9.94. The maximum atomic E-state index is 12.7. The molecule has 116 valence electrons. The Morgan fingerprint density at radius 2 is 1.61 bits per heavy atom. The van der Waals surface area contributed by atoms with Gasteiger partial charge in [0.15, 0.2) is 5.78 Å². The smallest absolute Gasteiger partial charge is 0.193 e. The summed E-state index contributed by atoms with van der Waals surface area (Å²) < 4.78 is 6.06. The highest BCUT2D eigenvalue weighted by atomic mass is 79.9. The third kappa shape index (κ3) is 2.39. The van der Waals surface area contributed by atoms with Crippen LogP contribution in [0.1, 0.15) is 38.2 Å². The molecule has 2 aromatic carbocycles. The van der Waals surface area contributed by atoms with Crippen molar-refractivity contribution in [1.82, 2.24) is 0 Å². The molecular weight excluding hydrogens is 420 g/mol. The fraction of sp³-hybridized carbons (Fsp3) is 0.211. The quantitative estimate of drug-likeness (QED) is 0.611. The summed E-state index contributed by atoms with van der Waals surface area (Å²) in [4.78, 5) is 12.7. The second kappa shape index (κ2) is 5.91. The van der Waals surface area contributed by atoms with Crippen LogP contribution < -0.4 is 0 Å². The molecule has 0 aromatic heterocycles. The Hall–Kier alpha value is -1.39. The lowest BCUT2D eigenvalue weighted by molar-refractivity contribution is 0.103. The van der Waals surface area contributed by atoms with Crippen molar-refractivity contribution in [3.05, 3.63) is 75.4 Å². The van der Waals surface area contributed by atoms with Gasteiger partial charge in [0.1, 0.15) is 12.4 Å². The van der Waals surface area contributed by atoms with Crippen LogP contribution in [0.25, 0.3) is 5.76 Å². The van der Waals surface area contributed by atoms with Gasteiger partial charge in [-0.05, 0) is 22.3 Å². The van der Waals surface area contributed by atoms with E-state index < -0.39 is 0 Å². The molecule has 0 fully saturated rings. The van der Waals surface area contributed by atoms with Gasteiger partial charge in [-0.1, -0.05) is 68.3 Å². The van der Waals surface area contributed by atoms with E-state index in [0.717, 1.165) is 33.1 Å². The fourth-order valence-corrected chi connectivity index (χ4v) is 4.36. The van der Waals surface area contributed by atoms with Gasteiger partial charge >= 0.3 is 0 Å². The first-order chi connectivity index (χ1) is 11.2. The van der Waals surface area contributed by atoms with Gasteiger partial charge in [-0.25, -0.2) is 0 Å². The Labute approximate surface area is 151 Å². The number of allylic oxidation sites excluding steroid dienone is 1. The van der Waals surface area contributed by atoms with Crippen LogP contribution in [0.15, 0.2) is 42.0 Å². The van der Waals surface area contributed by atoms with Crippen molar-refractivity contribution in [2.24, 2.45) is 0 Å². The second-order valence-corrected chi connectivity index (χ2v) is 6.93. The fourth-order valence-electron chi connectivity index (χ4n) is 3.31. The number of benzene rings is 2. The second-order valence-electron chi connectivity index (χ2n) is 5.80. The molecule has 0 atom stereocenters. The molecule has 0 bridgehead atoms. The minimum atomic E-state index is 0.105. The number of ketones is 1. The zero-order chi connectivity index (χ0) is 16.0. The van der Waals surface area contributed by atoms with Crippen LogP contribution in [0, 0.1) is 0 Å². The predicted molar refractivity (Wildman–Crippen MR) is 97.9 cm³/mol. The van der Waals surface area contributed by atoms with Gasteiger partial charge in [0.25, 0.3) is 0 Å². The van der Waals surface area contributed by atoms with Gasteiger partial charge in [0.05, 0.1) is 0 Å². The first-order valence-electron chi connectivity index (χ1n) is 7.48. The number of hydrogen-bond acceptors (Lipinski definition) is 2. The highest BCUT2D eigenvalue weighted by molar-refractivity contribution is 9.09. The normalized spacial score (nSPS) is 15.7. The van der Waals surface area contributed by atoms with Crippen molar-refractivity contribution in [3.8, 4) is 0 Å². The molecule has 23 heavy (non-hydrogen) atoms. The zero-order valence-corrected chi connectivity index (χ0v) is 15.5. The van der Waals surface area contributed by atoms with E-state index in [1.54, 1.807) is 0 Å². The summed E-state index contributed by atoms with van der Waals surface area (Å²) in [6.45, 7) is 0.512. The molecule has 2 aliphatic rings. The Kier molecular flexibility index (Phi) is 3.90. The topological polar surface area (TPSA) is 26.3 Å². The summed E-state index contributed by atoms with van der Waals surface area (Å²) in [6.07, 6.45) is 0.640. The first-order valence-corrected chi connectivity index (χ1v) is 9.72. The number of alkyl halides is 2. The molecule has 0 spiro atoms. The van der Waals surface area contributed by atoms with E-state index in [9.17, 15) is 4.79 Å². The Balaban J connectivity index is 1.80. The molecular formula is C19H14Br2O2. The molecule has 0 unspecified atom stereocenters. The average Bonchev–Trinajstić information content (AvgIpc) is 2.74. The lowest BCUT2D eigenvalue weighted by Gasteiger charge is -2.13. The van der Waals surface area contributed by atoms with Crippen LogP contribution in [-0.2, 0) is 28.4 Å². The molecule has 1 aliphatic carbocycles. The molecule has 2 aromatic rings. The summed E-state index contributed by atoms with van der Waals surface area (Å²) in [6, 6.07) is 12.1. The van der Waals surface area contributed by atoms with Crippen molar-refractivity contribution in [2.75, 3.05) is 0 Å². The van der Waals surface area contributed by atoms with E-state index >= 15 is 0 Å². The highest BCUT2D eigenvalue weighted by Gasteiger charge is 2.33. The summed E-state index contributed by atoms with van der Waals surface area (Å²) in [5, 5.41) is 1.62. The number of hydrogen-bond donors (Lipinski definition) is 0. The van der Waals surface area contributed by atoms with Crippen molar-refractivity contribution in [3.63, 3.8) is 0 Å². The van der Waals surface area contributed by atoms with Crippen LogP contribution in [0.3, 0.4) is 0 Å². The summed E-state index contributed by atoms with van der Waals surface area (Å²) in [5.74, 6) is 0.871. The number of rotatable bonds is 2. The van der Waals surface area contributed by atoms with Crippen LogP contribution in [-0.4, -0.2) is 5.78 Å². The molecule has 2 nitrogen and oxygen atoms in total. The molecule has 1 aliphatic heterocycles. The van der Waals surface area contributed by atoms with Crippen molar-refractivity contribution < 1.29 is 9.53 Å². The van der Waals surface area contributed by atoms with Gasteiger partial charge in [-0.2, -0.15) is 0 Å². The van der Waals surface area contributed by atoms with E-state index in [-0.39, 0.29) is 5.78 Å². The third-order valence-corrected chi connectivity index (χ3v) is 5.72. The first kappa shape index (κ1) is 15.2. The van der Waals surface area contributed by atoms with E-state index in [1.165, 1.54) is 22.3 Å². The van der Waals surface area contributed by atoms with E-state index in [1.807, 2.05) is 24.3 Å². The molecule has 0 saturated carbocycles. The molecule has 4 heteroatoms. The summed E-state index contributed by atoms with van der Waals surface area (Å²) in [7, 11) is 0. The summed E-state index contributed by atoms with van der Waals surface area (Å²) >= 11 is 7.11. The SMILES string of the molecule is O=C1C2=C(OCc3cc(CBr)c(CBr)cc3C2)c2ccccc21. The molecule has 0 N–H and O–H groups in total. The van der Waals surface area contributed by atoms with Crippen LogP contribution >= 0.6 is 31.9 Å². The number of halogens is 2. The molecule has 0 radical (unpaired) electrons. The summed E-state index contributed by atoms with van der Waals surface area (Å²) in [5.41, 5.74) is 7.36. The Morgan fingerprint density at radius 1 is 0.957 bits per heavy atom. The minimum absolute atomic E-state index is 0.105. The monoisotopic (exact) mass is 432 g/mol. The highest BCUT2D eigenvalue weighted by Crippen LogP contribution is 2.39. The third-order valence-electron chi connectivity index (χ3n) is 4.51. The molecule has 1 heterocycles. The molecule has 0 saturated heterocycles. The van der Waals surface area contributed by atoms with Crippen LogP contribution in [0.5, 0.6) is 0 Å². The van der Waals surface area contributed by atoms with Gasteiger partial charge < -0.3 is 4.74 Å². The van der Waals surface area contributed by atoms with Gasteiger partial charge in [0.2, 0.25) is 0 Å². The minimum Gasteiger partial charge on any atom is -0.488 e. The van der Waals surface area contributed by atoms with Gasteiger partial charge in [0, 0.05) is 33.8 Å². The number of carbonyl (C=O) groups is 1. The maximum absolute atomic E-state index is 12.7. The van der Waals surface area contributed by atoms with Gasteiger partial charge in [-0.15, -0.1) is 0 Å². The van der Waals surface area contributed by atoms with E-state index in [0.29, 0.717) is 13.0 Å². The van der Waals surface area contributed by atoms with Crippen LogP contribution in [0.2, 0.25) is 0 Å². The molecule has 0 amide bonds. The number of ether oxygens (including phenoxy) is 1. The average molecular weight is 434 g/mol. The standard InChI is InChI=1S/C19H14Br2O2/c20-8-12-5-11-7-17-18(22)15-3-1-2-4-16(15)19(17)23-10-14(11)6-13(12)9-21/h1-6H,7-10H2. The largest absolute Gasteiger partial charge is 0.488 e. The maximum Gasteiger partial charge on any atom is 0.193 e. The van der Waals surface area contributed by atoms with Gasteiger partial charge in [-0.3, -0.25) is 4.79 Å². The van der Waals surface area contributed by atoms with E-state index in [4.69, 9.17) is 4.74 Å². The molecule has 4 rings (SSSR count).